The molecule has 1 heterocycles. The largest absolute Gasteiger partial charge is 0.348 e. The highest BCUT2D eigenvalue weighted by atomic mass is 32.2. The Kier molecular flexibility index (Phi) is 6.98. The molecule has 31 heavy (non-hydrogen) atoms. The lowest BCUT2D eigenvalue weighted by Gasteiger charge is -2.33. The minimum absolute atomic E-state index is 0.0882. The van der Waals surface area contributed by atoms with E-state index < -0.39 is 20.6 Å². The van der Waals surface area contributed by atoms with Gasteiger partial charge in [0.15, 0.2) is 4.90 Å². The molecule has 11 heteroatoms. The molecule has 1 amide bonds. The van der Waals surface area contributed by atoms with Crippen LogP contribution in [0.15, 0.2) is 53.4 Å². The normalized spacial score (nSPS) is 16.6. The Morgan fingerprint density at radius 2 is 1.74 bits per heavy atom. The lowest BCUT2D eigenvalue weighted by atomic mass is 10.1. The van der Waals surface area contributed by atoms with E-state index in [-0.39, 0.29) is 42.3 Å². The standard InChI is InChI=1S/C20H23FN4O5S/c1-15(16-6-8-17(21)9-7-16)22-20(26)14-23-10-12-24(13-11-23)31(29,30)19-5-3-2-4-18(19)25(27)28/h2-9,15H,10-14H2,1H3,(H,22,26). The number of nitro groups is 1. The molecule has 1 N–H and O–H groups in total. The van der Waals surface area contributed by atoms with E-state index in [4.69, 9.17) is 0 Å². The Balaban J connectivity index is 1.56. The van der Waals surface area contributed by atoms with Crippen LogP contribution in [0.4, 0.5) is 10.1 Å². The number of para-hydroxylation sites is 1. The van der Waals surface area contributed by atoms with Crippen LogP contribution < -0.4 is 5.32 Å². The maximum Gasteiger partial charge on any atom is 0.289 e. The number of carbonyl (C=O) groups is 1. The summed E-state index contributed by atoms with van der Waals surface area (Å²) in [5, 5.41) is 14.0. The van der Waals surface area contributed by atoms with Gasteiger partial charge in [0, 0.05) is 32.2 Å². The van der Waals surface area contributed by atoms with Gasteiger partial charge in [0.2, 0.25) is 15.9 Å². The maximum atomic E-state index is 13.0. The van der Waals surface area contributed by atoms with Crippen molar-refractivity contribution < 1.29 is 22.5 Å². The smallest absolute Gasteiger partial charge is 0.289 e. The molecule has 1 aliphatic heterocycles. The summed E-state index contributed by atoms with van der Waals surface area (Å²) in [5.74, 6) is -0.581. The first-order valence-corrected chi connectivity index (χ1v) is 11.1. The molecule has 1 fully saturated rings. The fourth-order valence-electron chi connectivity index (χ4n) is 3.42. The summed E-state index contributed by atoms with van der Waals surface area (Å²) < 4.78 is 40.0. The van der Waals surface area contributed by atoms with Crippen molar-refractivity contribution in [3.05, 3.63) is 70.0 Å². The van der Waals surface area contributed by atoms with E-state index in [1.54, 1.807) is 19.1 Å². The van der Waals surface area contributed by atoms with Crippen molar-refractivity contribution in [2.24, 2.45) is 0 Å². The molecular formula is C20H23FN4O5S. The Hall–Kier alpha value is -2.89. The molecule has 1 saturated heterocycles. The quantitative estimate of drug-likeness (QED) is 0.509. The molecule has 3 rings (SSSR count). The molecular weight excluding hydrogens is 427 g/mol. The Labute approximate surface area is 179 Å². The minimum Gasteiger partial charge on any atom is -0.348 e. The molecule has 9 nitrogen and oxygen atoms in total. The lowest BCUT2D eigenvalue weighted by Crippen LogP contribution is -2.51. The van der Waals surface area contributed by atoms with Crippen molar-refractivity contribution in [3.63, 3.8) is 0 Å². The Morgan fingerprint density at radius 1 is 1.13 bits per heavy atom. The van der Waals surface area contributed by atoms with Gasteiger partial charge < -0.3 is 5.32 Å². The number of amides is 1. The second-order valence-corrected chi connectivity index (χ2v) is 9.15. The molecule has 2 aromatic rings. The molecule has 0 spiro atoms. The SMILES string of the molecule is CC(NC(=O)CN1CCN(S(=O)(=O)c2ccccc2[N+](=O)[O-])CC1)c1ccc(F)cc1. The number of hydrogen-bond donors (Lipinski definition) is 1. The zero-order chi connectivity index (χ0) is 22.6. The van der Waals surface area contributed by atoms with E-state index in [2.05, 4.69) is 5.32 Å². The molecule has 0 radical (unpaired) electrons. The van der Waals surface area contributed by atoms with Crippen LogP contribution in [0, 0.1) is 15.9 Å². The molecule has 0 aliphatic carbocycles. The van der Waals surface area contributed by atoms with Gasteiger partial charge in [-0.2, -0.15) is 4.31 Å². The van der Waals surface area contributed by atoms with Gasteiger partial charge in [0.1, 0.15) is 5.82 Å². The number of rotatable bonds is 7. The minimum atomic E-state index is -4.01. The number of nitrogens with zero attached hydrogens (tertiary/aromatic N) is 3. The van der Waals surface area contributed by atoms with Crippen molar-refractivity contribution >= 4 is 21.6 Å². The van der Waals surface area contributed by atoms with Crippen LogP contribution in [0.5, 0.6) is 0 Å². The first kappa shape index (κ1) is 22.8. The van der Waals surface area contributed by atoms with Crippen LogP contribution >= 0.6 is 0 Å². The number of benzene rings is 2. The zero-order valence-electron chi connectivity index (χ0n) is 16.9. The summed E-state index contributed by atoms with van der Waals surface area (Å²) in [6, 6.07) is 10.8. The number of nitro benzene ring substituents is 1. The molecule has 1 aliphatic rings. The van der Waals surface area contributed by atoms with Gasteiger partial charge in [0.05, 0.1) is 17.5 Å². The highest BCUT2D eigenvalue weighted by molar-refractivity contribution is 7.89. The van der Waals surface area contributed by atoms with Gasteiger partial charge in [-0.1, -0.05) is 24.3 Å². The van der Waals surface area contributed by atoms with Crippen molar-refractivity contribution in [1.82, 2.24) is 14.5 Å². The predicted octanol–water partition coefficient (Wildman–Crippen LogP) is 1.92. The van der Waals surface area contributed by atoms with Crippen molar-refractivity contribution in [1.29, 1.82) is 0 Å². The van der Waals surface area contributed by atoms with Crippen LogP contribution in [0.2, 0.25) is 0 Å². The molecule has 0 aromatic heterocycles. The molecule has 1 atom stereocenters. The van der Waals surface area contributed by atoms with Gasteiger partial charge in [0.25, 0.3) is 5.69 Å². The van der Waals surface area contributed by atoms with Crippen molar-refractivity contribution in [3.8, 4) is 0 Å². The summed E-state index contributed by atoms with van der Waals surface area (Å²) in [5.41, 5.74) is 0.314. The molecule has 1 unspecified atom stereocenters. The van der Waals surface area contributed by atoms with E-state index >= 15 is 0 Å². The van der Waals surface area contributed by atoms with Gasteiger partial charge in [-0.3, -0.25) is 19.8 Å². The topological polar surface area (TPSA) is 113 Å². The summed E-state index contributed by atoms with van der Waals surface area (Å²) in [6.07, 6.45) is 0. The molecule has 166 valence electrons. The summed E-state index contributed by atoms with van der Waals surface area (Å²) >= 11 is 0. The summed E-state index contributed by atoms with van der Waals surface area (Å²) in [6.45, 7) is 2.76. The third-order valence-electron chi connectivity index (χ3n) is 5.13. The number of halogens is 1. The number of sulfonamides is 1. The highest BCUT2D eigenvalue weighted by Gasteiger charge is 2.33. The van der Waals surface area contributed by atoms with Crippen LogP contribution in [-0.4, -0.2) is 61.2 Å². The number of nitrogens with one attached hydrogen (secondary N) is 1. The van der Waals surface area contributed by atoms with E-state index in [0.29, 0.717) is 13.1 Å². The Bertz CT molecular complexity index is 1050. The summed E-state index contributed by atoms with van der Waals surface area (Å²) in [4.78, 5) is 24.3. The van der Waals surface area contributed by atoms with Crippen molar-refractivity contribution in [2.75, 3.05) is 32.7 Å². The van der Waals surface area contributed by atoms with Gasteiger partial charge >= 0.3 is 0 Å². The molecule has 0 bridgehead atoms. The van der Waals surface area contributed by atoms with Crippen LogP contribution in [0.3, 0.4) is 0 Å². The average Bonchev–Trinajstić information content (AvgIpc) is 2.74. The van der Waals surface area contributed by atoms with Gasteiger partial charge in [-0.25, -0.2) is 12.8 Å². The second kappa shape index (κ2) is 9.50. The van der Waals surface area contributed by atoms with Crippen LogP contribution in [-0.2, 0) is 14.8 Å². The number of piperazine rings is 1. The van der Waals surface area contributed by atoms with Crippen LogP contribution in [0.25, 0.3) is 0 Å². The first-order valence-electron chi connectivity index (χ1n) is 9.69. The Morgan fingerprint density at radius 3 is 2.35 bits per heavy atom. The van der Waals surface area contributed by atoms with Gasteiger partial charge in [-0.15, -0.1) is 0 Å². The summed E-state index contributed by atoms with van der Waals surface area (Å²) in [7, 11) is -4.01. The number of hydrogen-bond acceptors (Lipinski definition) is 6. The fourth-order valence-corrected chi connectivity index (χ4v) is 5.00. The maximum absolute atomic E-state index is 13.0. The lowest BCUT2D eigenvalue weighted by molar-refractivity contribution is -0.387. The van der Waals surface area contributed by atoms with Crippen molar-refractivity contribution in [2.45, 2.75) is 17.9 Å². The number of carbonyl (C=O) groups excluding carboxylic acids is 1. The predicted molar refractivity (Wildman–Crippen MR) is 111 cm³/mol. The third kappa shape index (κ3) is 5.43. The molecule has 0 saturated carbocycles. The third-order valence-corrected chi connectivity index (χ3v) is 7.07. The van der Waals surface area contributed by atoms with E-state index in [9.17, 15) is 27.7 Å². The molecule has 2 aromatic carbocycles. The fraction of sp³-hybridized carbons (Fsp3) is 0.350. The average molecular weight is 450 g/mol. The monoisotopic (exact) mass is 450 g/mol. The first-order chi connectivity index (χ1) is 14.7. The van der Waals surface area contributed by atoms with E-state index in [1.807, 2.05) is 4.90 Å². The van der Waals surface area contributed by atoms with Gasteiger partial charge in [-0.05, 0) is 30.7 Å². The second-order valence-electron chi connectivity index (χ2n) is 7.25. The van der Waals surface area contributed by atoms with Crippen LogP contribution in [0.1, 0.15) is 18.5 Å². The van der Waals surface area contributed by atoms with E-state index in [0.717, 1.165) is 11.6 Å². The highest BCUT2D eigenvalue weighted by Crippen LogP contribution is 2.26. The van der Waals surface area contributed by atoms with E-state index in [1.165, 1.54) is 34.6 Å². The zero-order valence-corrected chi connectivity index (χ0v) is 17.7.